The summed E-state index contributed by atoms with van der Waals surface area (Å²) in [4.78, 5) is 24.4. The van der Waals surface area contributed by atoms with Crippen LogP contribution in [0.5, 0.6) is 5.75 Å². The number of aryl methyl sites for hydroxylation is 1. The molecule has 0 saturated carbocycles. The maximum Gasteiger partial charge on any atom is 0.221 e. The molecule has 4 rings (SSSR count). The van der Waals surface area contributed by atoms with Gasteiger partial charge < -0.3 is 19.6 Å². The Morgan fingerprint density at radius 1 is 1.03 bits per heavy atom. The third kappa shape index (κ3) is 6.69. The van der Waals surface area contributed by atoms with Gasteiger partial charge in [0.15, 0.2) is 5.78 Å². The van der Waals surface area contributed by atoms with Gasteiger partial charge in [0.1, 0.15) is 27.1 Å². The molecule has 0 aliphatic rings. The average Bonchev–Trinajstić information content (AvgIpc) is 3.15. The summed E-state index contributed by atoms with van der Waals surface area (Å²) in [6, 6.07) is 13.8. The van der Waals surface area contributed by atoms with Gasteiger partial charge in [-0.05, 0) is 81.2 Å². The Labute approximate surface area is 263 Å². The number of furan rings is 1. The molecule has 1 amide bonds. The minimum absolute atomic E-state index is 0. The van der Waals surface area contributed by atoms with Gasteiger partial charge in [-0.2, -0.15) is 0 Å². The van der Waals surface area contributed by atoms with Gasteiger partial charge in [0.25, 0.3) is 0 Å². The van der Waals surface area contributed by atoms with E-state index < -0.39 is 10.0 Å². The fourth-order valence-corrected chi connectivity index (χ4v) is 5.77. The number of carbonyl (C=O) groups excluding carboxylic acids is 2. The van der Waals surface area contributed by atoms with Crippen LogP contribution in [0.25, 0.3) is 15.7 Å². The second-order valence-electron chi connectivity index (χ2n) is 7.95. The second-order valence-corrected chi connectivity index (χ2v) is 11.3. The van der Waals surface area contributed by atoms with E-state index in [0.717, 1.165) is 0 Å². The van der Waals surface area contributed by atoms with E-state index in [1.165, 1.54) is 43.3 Å². The van der Waals surface area contributed by atoms with E-state index in [4.69, 9.17) is 4.42 Å². The minimum Gasteiger partial charge on any atom is -0.541 e. The number of hydrogen-bond donors (Lipinski definition) is 2. The van der Waals surface area contributed by atoms with Crippen molar-refractivity contribution in [2.75, 3.05) is 5.32 Å². The molecule has 0 aliphatic heterocycles. The zero-order valence-electron chi connectivity index (χ0n) is 19.6. The average molecular weight is 776 g/mol. The zero-order chi connectivity index (χ0) is 26.2. The van der Waals surface area contributed by atoms with E-state index in [-0.39, 0.29) is 70.2 Å². The number of nitrogens with zero attached hydrogens (tertiary/aromatic N) is 1. The first-order chi connectivity index (χ1) is 17.0. The second kappa shape index (κ2) is 12.0. The van der Waals surface area contributed by atoms with Gasteiger partial charge in [-0.1, -0.05) is 17.7 Å². The van der Waals surface area contributed by atoms with Crippen molar-refractivity contribution in [3.63, 3.8) is 0 Å². The van der Waals surface area contributed by atoms with Gasteiger partial charge in [-0.25, -0.2) is 8.42 Å². The summed E-state index contributed by atoms with van der Waals surface area (Å²) >= 11 is 6.47. The van der Waals surface area contributed by atoms with Crippen LogP contribution in [0, 0.1) is 48.2 Å². The zero-order valence-corrected chi connectivity index (χ0v) is 27.3. The summed E-state index contributed by atoms with van der Waals surface area (Å²) in [5, 5.41) is 13.1. The van der Waals surface area contributed by atoms with Gasteiger partial charge >= 0.3 is 0 Å². The van der Waals surface area contributed by atoms with Gasteiger partial charge in [0, 0.05) is 69.7 Å². The SMILES string of the molecule is CC(=O)Nc1ccc(S(=O)(=O)[N-]Cc2ccc3c(C(=O)c4cc(Br)c(O)c(Br)c4)c(C)oc3c2)cc1.[Pr]. The number of amides is 1. The van der Waals surface area contributed by atoms with Crippen molar-refractivity contribution in [3.8, 4) is 5.75 Å². The summed E-state index contributed by atoms with van der Waals surface area (Å²) in [6.07, 6.45) is 0. The molecule has 0 atom stereocenters. The number of nitrogens with one attached hydrogen (secondary N) is 1. The first-order valence-electron chi connectivity index (χ1n) is 10.5. The number of ketones is 1. The third-order valence-corrected chi connectivity index (χ3v) is 7.87. The van der Waals surface area contributed by atoms with E-state index in [1.54, 1.807) is 25.1 Å². The van der Waals surface area contributed by atoms with Gasteiger partial charge in [-0.3, -0.25) is 9.59 Å². The number of hydrogen-bond acceptors (Lipinski definition) is 6. The normalized spacial score (nSPS) is 11.2. The van der Waals surface area contributed by atoms with Gasteiger partial charge in [0.2, 0.25) is 5.91 Å². The van der Waals surface area contributed by atoms with Crippen molar-refractivity contribution in [2.24, 2.45) is 0 Å². The first-order valence-corrected chi connectivity index (χ1v) is 13.5. The number of carbonyl (C=O) groups is 2. The quantitative estimate of drug-likeness (QED) is 0.209. The monoisotopic (exact) mass is 774 g/mol. The van der Waals surface area contributed by atoms with Crippen molar-refractivity contribution >= 4 is 70.2 Å². The Bertz CT molecular complexity index is 1600. The Morgan fingerprint density at radius 2 is 1.65 bits per heavy atom. The number of sulfonamides is 1. The number of aromatic hydroxyl groups is 1. The Hall–Kier alpha value is -1.63. The van der Waals surface area contributed by atoms with Crippen LogP contribution in [-0.4, -0.2) is 25.2 Å². The molecule has 2 N–H and O–H groups in total. The van der Waals surface area contributed by atoms with E-state index in [0.29, 0.717) is 48.1 Å². The van der Waals surface area contributed by atoms with E-state index in [1.807, 2.05) is 0 Å². The van der Waals surface area contributed by atoms with Crippen LogP contribution in [0.2, 0.25) is 0 Å². The van der Waals surface area contributed by atoms with Crippen molar-refractivity contribution in [3.05, 3.63) is 90.7 Å². The molecule has 0 unspecified atom stereocenters. The predicted molar refractivity (Wildman–Crippen MR) is 143 cm³/mol. The van der Waals surface area contributed by atoms with Crippen LogP contribution in [0.4, 0.5) is 5.69 Å². The van der Waals surface area contributed by atoms with E-state index >= 15 is 0 Å². The number of fused-ring (bicyclic) bond motifs is 1. The molecular formula is C25H19Br2N2O6PrS-. The van der Waals surface area contributed by atoms with Gasteiger partial charge in [-0.15, -0.1) is 6.54 Å². The van der Waals surface area contributed by atoms with Crippen LogP contribution in [0.15, 0.2) is 72.9 Å². The molecule has 0 bridgehead atoms. The minimum atomic E-state index is -3.92. The molecule has 12 heteroatoms. The molecule has 189 valence electrons. The standard InChI is InChI=1S/C25H19Br2N2O6S.Pr/c1-13-23(24(31)16-10-20(26)25(32)21(27)11-16)19-8-3-15(9-22(19)35-13)12-28-36(33,34)18-6-4-17(5-7-18)29-14(2)30;/h3-11H,12H2,1-2H3,(H,29,30)(H,31,32);/q-1;. The number of phenolic OH excluding ortho intramolecular Hbond substituents is 1. The van der Waals surface area contributed by atoms with Crippen LogP contribution < -0.4 is 5.32 Å². The van der Waals surface area contributed by atoms with Crippen LogP contribution >= 0.6 is 31.9 Å². The molecule has 0 fully saturated rings. The number of rotatable bonds is 7. The Balaban J connectivity index is 0.00000380. The van der Waals surface area contributed by atoms with Crippen molar-refractivity contribution in [1.82, 2.24) is 0 Å². The maximum absolute atomic E-state index is 13.2. The Morgan fingerprint density at radius 3 is 2.24 bits per heavy atom. The van der Waals surface area contributed by atoms with E-state index in [2.05, 4.69) is 41.9 Å². The predicted octanol–water partition coefficient (Wildman–Crippen LogP) is 6.42. The van der Waals surface area contributed by atoms with Crippen molar-refractivity contribution < 1.29 is 68.8 Å². The number of halogens is 2. The summed E-state index contributed by atoms with van der Waals surface area (Å²) in [6.45, 7) is 2.92. The smallest absolute Gasteiger partial charge is 0.221 e. The van der Waals surface area contributed by atoms with E-state index in [9.17, 15) is 23.1 Å². The summed E-state index contributed by atoms with van der Waals surface area (Å²) < 4.78 is 35.7. The number of anilines is 1. The molecule has 3 aromatic carbocycles. The molecule has 1 heterocycles. The van der Waals surface area contributed by atoms with Crippen LogP contribution in [0.3, 0.4) is 0 Å². The third-order valence-electron chi connectivity index (χ3n) is 5.33. The molecule has 1 aromatic heterocycles. The Kier molecular flexibility index (Phi) is 9.74. The molecule has 8 nitrogen and oxygen atoms in total. The first kappa shape index (κ1) is 29.9. The molecular weight excluding hydrogens is 757 g/mol. The molecule has 0 aliphatic carbocycles. The summed E-state index contributed by atoms with van der Waals surface area (Å²) in [5.74, 6) is -0.133. The summed E-state index contributed by atoms with van der Waals surface area (Å²) in [5.41, 5.74) is 2.23. The summed E-state index contributed by atoms with van der Waals surface area (Å²) in [7, 11) is -3.92. The molecule has 4 aromatic rings. The van der Waals surface area contributed by atoms with Crippen LogP contribution in [0.1, 0.15) is 34.2 Å². The number of phenols is 1. The molecule has 1 radical (unpaired) electrons. The van der Waals surface area contributed by atoms with Crippen molar-refractivity contribution in [2.45, 2.75) is 25.3 Å². The molecule has 37 heavy (non-hydrogen) atoms. The maximum atomic E-state index is 13.2. The van der Waals surface area contributed by atoms with Gasteiger partial charge in [0.05, 0.1) is 14.5 Å². The molecule has 0 spiro atoms. The largest absolute Gasteiger partial charge is 0.541 e. The topological polar surface area (TPSA) is 128 Å². The fourth-order valence-electron chi connectivity index (χ4n) is 3.63. The molecule has 0 saturated heterocycles. The number of benzene rings is 3. The van der Waals surface area contributed by atoms with Crippen molar-refractivity contribution in [1.29, 1.82) is 0 Å². The fraction of sp³-hybridized carbons (Fsp3) is 0.120. The van der Waals surface area contributed by atoms with Crippen LogP contribution in [-0.2, 0) is 21.4 Å².